The number of amides is 1. The van der Waals surface area contributed by atoms with Gasteiger partial charge in [0.25, 0.3) is 11.6 Å². The molecule has 0 saturated carbocycles. The van der Waals surface area contributed by atoms with Gasteiger partial charge in [0.2, 0.25) is 0 Å². The number of benzene rings is 2. The van der Waals surface area contributed by atoms with Gasteiger partial charge in [0.1, 0.15) is 5.75 Å². The van der Waals surface area contributed by atoms with Crippen molar-refractivity contribution in [1.82, 2.24) is 5.32 Å². The Bertz CT molecular complexity index is 792. The van der Waals surface area contributed by atoms with E-state index in [9.17, 15) is 14.9 Å². The molecule has 0 spiro atoms. The number of nitro groups is 1. The molecular weight excluding hydrogens is 438 g/mol. The van der Waals surface area contributed by atoms with Gasteiger partial charge in [-0.1, -0.05) is 58.5 Å². The van der Waals surface area contributed by atoms with Gasteiger partial charge in [0.05, 0.1) is 11.0 Å². The minimum Gasteiger partial charge on any atom is -0.484 e. The molecule has 2 aromatic rings. The summed E-state index contributed by atoms with van der Waals surface area (Å²) >= 11 is 23.4. The number of nitrogens with zero attached hydrogens (tertiary/aromatic N) is 1. The molecule has 0 aliphatic carbocycles. The van der Waals surface area contributed by atoms with Crippen LogP contribution in [0.2, 0.25) is 5.02 Å². The molecule has 0 radical (unpaired) electrons. The highest BCUT2D eigenvalue weighted by Crippen LogP contribution is 2.36. The van der Waals surface area contributed by atoms with Gasteiger partial charge in [-0.05, 0) is 29.8 Å². The first-order valence-corrected chi connectivity index (χ1v) is 9.14. The fraction of sp³-hybridized carbons (Fsp3) is 0.235. The molecule has 144 valence electrons. The number of alkyl halides is 3. The van der Waals surface area contributed by atoms with Gasteiger partial charge in [-0.2, -0.15) is 0 Å². The highest BCUT2D eigenvalue weighted by molar-refractivity contribution is 6.67. The molecule has 6 nitrogen and oxygen atoms in total. The van der Waals surface area contributed by atoms with E-state index in [1.54, 1.807) is 24.3 Å². The van der Waals surface area contributed by atoms with Gasteiger partial charge >= 0.3 is 0 Å². The van der Waals surface area contributed by atoms with Gasteiger partial charge in [-0.3, -0.25) is 14.9 Å². The van der Waals surface area contributed by atoms with Crippen molar-refractivity contribution in [2.75, 3.05) is 6.61 Å². The van der Waals surface area contributed by atoms with E-state index in [1.807, 2.05) is 0 Å². The Hall–Kier alpha value is -1.73. The Morgan fingerprint density at radius 2 is 1.70 bits per heavy atom. The summed E-state index contributed by atoms with van der Waals surface area (Å²) in [6, 6.07) is 11.5. The summed E-state index contributed by atoms with van der Waals surface area (Å²) in [6.45, 7) is -0.259. The van der Waals surface area contributed by atoms with Crippen LogP contribution >= 0.6 is 46.4 Å². The van der Waals surface area contributed by atoms with E-state index in [1.165, 1.54) is 24.3 Å². The van der Waals surface area contributed by atoms with Crippen molar-refractivity contribution < 1.29 is 14.5 Å². The van der Waals surface area contributed by atoms with Crippen LogP contribution in [0.1, 0.15) is 18.0 Å². The van der Waals surface area contributed by atoms with Crippen LogP contribution in [0.5, 0.6) is 5.75 Å². The van der Waals surface area contributed by atoms with E-state index in [4.69, 9.17) is 51.1 Å². The zero-order valence-electron chi connectivity index (χ0n) is 13.7. The van der Waals surface area contributed by atoms with Crippen LogP contribution in [-0.4, -0.2) is 21.2 Å². The molecule has 0 bridgehead atoms. The molecule has 27 heavy (non-hydrogen) atoms. The molecule has 0 aromatic heterocycles. The quantitative estimate of drug-likeness (QED) is 0.354. The molecule has 1 atom stereocenters. The normalized spacial score (nSPS) is 12.3. The molecule has 10 heteroatoms. The van der Waals surface area contributed by atoms with Crippen LogP contribution in [0.15, 0.2) is 48.5 Å². The lowest BCUT2D eigenvalue weighted by molar-refractivity contribution is -0.384. The summed E-state index contributed by atoms with van der Waals surface area (Å²) in [5, 5.41) is 14.0. The second kappa shape index (κ2) is 9.46. The molecule has 0 aliphatic rings. The van der Waals surface area contributed by atoms with Crippen LogP contribution in [0.3, 0.4) is 0 Å². The minimum atomic E-state index is -1.63. The van der Waals surface area contributed by atoms with E-state index >= 15 is 0 Å². The number of rotatable bonds is 7. The van der Waals surface area contributed by atoms with E-state index in [-0.39, 0.29) is 18.7 Å². The maximum atomic E-state index is 12.2. The number of hydrogen-bond donors (Lipinski definition) is 1. The smallest absolute Gasteiger partial charge is 0.269 e. The van der Waals surface area contributed by atoms with Crippen LogP contribution in [0.25, 0.3) is 0 Å². The average molecular weight is 452 g/mol. The van der Waals surface area contributed by atoms with Crippen molar-refractivity contribution in [2.45, 2.75) is 16.3 Å². The number of carbonyl (C=O) groups is 1. The monoisotopic (exact) mass is 450 g/mol. The predicted octanol–water partition coefficient (Wildman–Crippen LogP) is 5.24. The van der Waals surface area contributed by atoms with Gasteiger partial charge in [-0.25, -0.2) is 0 Å². The zero-order valence-corrected chi connectivity index (χ0v) is 16.7. The van der Waals surface area contributed by atoms with E-state index in [0.717, 1.165) is 0 Å². The number of nitrogens with one attached hydrogen (secondary N) is 1. The van der Waals surface area contributed by atoms with E-state index in [2.05, 4.69) is 5.32 Å². The zero-order chi connectivity index (χ0) is 20.0. The first-order valence-electron chi connectivity index (χ1n) is 7.63. The molecule has 0 fully saturated rings. The topological polar surface area (TPSA) is 81.5 Å². The fourth-order valence-corrected chi connectivity index (χ4v) is 2.82. The molecule has 1 N–H and O–H groups in total. The van der Waals surface area contributed by atoms with Crippen molar-refractivity contribution in [3.8, 4) is 5.75 Å². The van der Waals surface area contributed by atoms with Gasteiger partial charge in [0.15, 0.2) is 10.4 Å². The number of nitro benzene ring substituents is 1. The standard InChI is InChI=1S/C17H14Cl4N2O4/c18-12-3-7-14(8-4-12)27-10-16(24)22-15(9-17(19,20)21)11-1-5-13(6-2-11)23(25)26/h1-8,15H,9-10H2,(H,22,24). The predicted molar refractivity (Wildman–Crippen MR) is 106 cm³/mol. The third-order valence-corrected chi connectivity index (χ3v) is 4.18. The molecule has 2 aromatic carbocycles. The SMILES string of the molecule is O=C(COc1ccc(Cl)cc1)NC(CC(Cl)(Cl)Cl)c1ccc([N+](=O)[O-])cc1. The summed E-state index contributed by atoms with van der Waals surface area (Å²) in [5.41, 5.74) is 0.482. The first-order chi connectivity index (χ1) is 12.6. The lowest BCUT2D eigenvalue weighted by Crippen LogP contribution is -2.34. The van der Waals surface area contributed by atoms with Crippen molar-refractivity contribution >= 4 is 58.0 Å². The van der Waals surface area contributed by atoms with Crippen molar-refractivity contribution in [3.63, 3.8) is 0 Å². The highest BCUT2D eigenvalue weighted by atomic mass is 35.6. The van der Waals surface area contributed by atoms with Crippen LogP contribution in [0.4, 0.5) is 5.69 Å². The molecule has 1 amide bonds. The Balaban J connectivity index is 2.05. The first kappa shape index (κ1) is 21.6. The number of carbonyl (C=O) groups excluding carboxylic acids is 1. The van der Waals surface area contributed by atoms with E-state index in [0.29, 0.717) is 16.3 Å². The number of ether oxygens (including phenoxy) is 1. The van der Waals surface area contributed by atoms with Crippen molar-refractivity contribution in [3.05, 3.63) is 69.2 Å². The third-order valence-electron chi connectivity index (χ3n) is 3.46. The van der Waals surface area contributed by atoms with Gasteiger partial charge < -0.3 is 10.1 Å². The number of halogens is 4. The number of hydrogen-bond acceptors (Lipinski definition) is 4. The number of non-ortho nitro benzene ring substituents is 1. The molecule has 0 heterocycles. The van der Waals surface area contributed by atoms with Crippen molar-refractivity contribution in [2.24, 2.45) is 0 Å². The molecular formula is C17H14Cl4N2O4. The average Bonchev–Trinajstić information content (AvgIpc) is 2.59. The summed E-state index contributed by atoms with van der Waals surface area (Å²) in [7, 11) is 0. The molecule has 0 saturated heterocycles. The molecule has 1 unspecified atom stereocenters. The van der Waals surface area contributed by atoms with Crippen LogP contribution in [0, 0.1) is 10.1 Å². The summed E-state index contributed by atoms with van der Waals surface area (Å²) in [4.78, 5) is 22.5. The fourth-order valence-electron chi connectivity index (χ4n) is 2.23. The second-order valence-corrected chi connectivity index (χ2v) is 8.48. The van der Waals surface area contributed by atoms with Gasteiger partial charge in [-0.15, -0.1) is 0 Å². The highest BCUT2D eigenvalue weighted by Gasteiger charge is 2.28. The lowest BCUT2D eigenvalue weighted by atomic mass is 10.0. The lowest BCUT2D eigenvalue weighted by Gasteiger charge is -2.23. The van der Waals surface area contributed by atoms with Crippen molar-refractivity contribution in [1.29, 1.82) is 0 Å². The Morgan fingerprint density at radius 3 is 2.22 bits per heavy atom. The Morgan fingerprint density at radius 1 is 1.11 bits per heavy atom. The summed E-state index contributed by atoms with van der Waals surface area (Å²) in [5.74, 6) is 0.0327. The largest absolute Gasteiger partial charge is 0.484 e. The van der Waals surface area contributed by atoms with Crippen LogP contribution in [-0.2, 0) is 4.79 Å². The maximum Gasteiger partial charge on any atom is 0.269 e. The van der Waals surface area contributed by atoms with E-state index < -0.39 is 20.7 Å². The Labute approximate surface area is 175 Å². The maximum absolute atomic E-state index is 12.2. The summed E-state index contributed by atoms with van der Waals surface area (Å²) in [6.07, 6.45) is -0.0256. The molecule has 2 rings (SSSR count). The second-order valence-electron chi connectivity index (χ2n) is 5.53. The van der Waals surface area contributed by atoms with Crippen LogP contribution < -0.4 is 10.1 Å². The third kappa shape index (κ3) is 7.42. The van der Waals surface area contributed by atoms with Gasteiger partial charge in [0, 0.05) is 23.6 Å². The molecule has 0 aliphatic heterocycles. The summed E-state index contributed by atoms with van der Waals surface area (Å²) < 4.78 is 3.75. The minimum absolute atomic E-state index is 0.0256. The Kier molecular flexibility index (Phi) is 7.56.